The van der Waals surface area contributed by atoms with Gasteiger partial charge in [-0.1, -0.05) is 0 Å². The van der Waals surface area contributed by atoms with E-state index in [0.717, 1.165) is 55.7 Å². The van der Waals surface area contributed by atoms with Crippen molar-refractivity contribution < 1.29 is 34.6 Å². The van der Waals surface area contributed by atoms with E-state index in [4.69, 9.17) is 12.3 Å². The lowest BCUT2D eigenvalue weighted by Crippen LogP contribution is -2.60. The zero-order chi connectivity index (χ0) is 29.9. The molecule has 0 radical (unpaired) electrons. The van der Waals surface area contributed by atoms with Crippen molar-refractivity contribution in [3.8, 4) is 0 Å². The first kappa shape index (κ1) is 38.1. The van der Waals surface area contributed by atoms with Crippen molar-refractivity contribution in [3.63, 3.8) is 0 Å². The van der Waals surface area contributed by atoms with Crippen molar-refractivity contribution in [2.24, 2.45) is 0 Å². The number of amides is 1. The number of carbonyl (C=O) groups excluding carboxylic acids is 1. The Hall–Kier alpha value is 0.0875. The maximum absolute atomic E-state index is 12.4. The molecule has 0 aromatic heterocycles. The summed E-state index contributed by atoms with van der Waals surface area (Å²) >= 11 is 0. The van der Waals surface area contributed by atoms with Crippen LogP contribution in [0.1, 0.15) is 44.9 Å². The quantitative estimate of drug-likeness (QED) is 0.0826. The highest BCUT2D eigenvalue weighted by Crippen LogP contribution is 2.29. The molecule has 14 heteroatoms. The third-order valence-electron chi connectivity index (χ3n) is 5.44. The Balaban J connectivity index is 4.54. The van der Waals surface area contributed by atoms with E-state index in [1.165, 1.54) is 0 Å². The summed E-state index contributed by atoms with van der Waals surface area (Å²) in [7, 11) is -8.45. The van der Waals surface area contributed by atoms with Crippen LogP contribution >= 0.6 is 0 Å². The number of unbranched alkanes of at least 4 members (excludes halogenated alkanes) is 3. The first-order valence-corrected chi connectivity index (χ1v) is 27.8. The second-order valence-electron chi connectivity index (χ2n) is 13.9. The smallest absolute Gasteiger partial charge is 0.469 e. The SMILES string of the molecule is C[N+](C)(CCCCCC(=O)NCCC[Si](O[Si](C)(C)C)(O[Si](C)(C)C)O[Si](C)(C)C)CCCCS(=O)(=O)[O-]. The second kappa shape index (κ2) is 15.9. The van der Waals surface area contributed by atoms with Gasteiger partial charge in [0.15, 0.2) is 25.0 Å². The molecule has 0 aliphatic heterocycles. The molecule has 38 heavy (non-hydrogen) atoms. The number of nitrogens with one attached hydrogen (secondary N) is 1. The Morgan fingerprint density at radius 1 is 0.737 bits per heavy atom. The van der Waals surface area contributed by atoms with Gasteiger partial charge >= 0.3 is 8.80 Å². The maximum atomic E-state index is 12.4. The van der Waals surface area contributed by atoms with E-state index in [1.807, 2.05) is 0 Å². The summed E-state index contributed by atoms with van der Waals surface area (Å²) in [6, 6.07) is 0.722. The zero-order valence-electron chi connectivity index (χ0n) is 26.2. The van der Waals surface area contributed by atoms with Gasteiger partial charge in [0, 0.05) is 24.8 Å². The van der Waals surface area contributed by atoms with Crippen molar-refractivity contribution in [2.45, 2.75) is 110 Å². The first-order chi connectivity index (χ1) is 16.9. The molecule has 1 amide bonds. The molecule has 0 rings (SSSR count). The third-order valence-corrected chi connectivity index (χ3v) is 18.3. The number of carbonyl (C=O) groups is 1. The van der Waals surface area contributed by atoms with Crippen LogP contribution in [0.4, 0.5) is 0 Å². The minimum atomic E-state index is -4.12. The Bertz CT molecular complexity index is 767. The number of rotatable bonds is 21. The average Bonchev–Trinajstić information content (AvgIpc) is 2.63. The van der Waals surface area contributed by atoms with Crippen molar-refractivity contribution in [1.29, 1.82) is 0 Å². The van der Waals surface area contributed by atoms with Crippen LogP contribution in [0.15, 0.2) is 0 Å². The van der Waals surface area contributed by atoms with Gasteiger partial charge in [-0.25, -0.2) is 8.42 Å². The third kappa shape index (κ3) is 22.9. The summed E-state index contributed by atoms with van der Waals surface area (Å²) in [5, 5.41) is 3.07. The summed E-state index contributed by atoms with van der Waals surface area (Å²) in [6.07, 6.45) is 5.24. The van der Waals surface area contributed by atoms with Gasteiger partial charge in [-0.3, -0.25) is 4.79 Å². The lowest BCUT2D eigenvalue weighted by Gasteiger charge is -2.43. The molecule has 1 N–H and O–H groups in total. The maximum Gasteiger partial charge on any atom is 0.469 e. The number of quaternary nitrogens is 1. The van der Waals surface area contributed by atoms with Gasteiger partial charge in [0.1, 0.15) is 0 Å². The van der Waals surface area contributed by atoms with Crippen LogP contribution in [-0.2, 0) is 27.3 Å². The molecule has 228 valence electrons. The summed E-state index contributed by atoms with van der Waals surface area (Å²) < 4.78 is 53.1. The van der Waals surface area contributed by atoms with E-state index >= 15 is 0 Å². The highest BCUT2D eigenvalue weighted by molar-refractivity contribution is 7.85. The van der Waals surface area contributed by atoms with Gasteiger partial charge in [0.05, 0.1) is 37.3 Å². The number of hydrogen-bond acceptors (Lipinski definition) is 7. The highest BCUT2D eigenvalue weighted by Gasteiger charge is 2.49. The van der Waals surface area contributed by atoms with Crippen molar-refractivity contribution in [1.82, 2.24) is 5.32 Å². The minimum absolute atomic E-state index is 0.0770. The molecule has 0 saturated heterocycles. The summed E-state index contributed by atoms with van der Waals surface area (Å²) in [4.78, 5) is 12.4. The van der Waals surface area contributed by atoms with Crippen LogP contribution in [0.2, 0.25) is 65.0 Å². The van der Waals surface area contributed by atoms with Gasteiger partial charge in [0.25, 0.3) is 0 Å². The molecule has 0 saturated carbocycles. The predicted molar refractivity (Wildman–Crippen MR) is 166 cm³/mol. The fourth-order valence-electron chi connectivity index (χ4n) is 4.17. The molecule has 0 aromatic carbocycles. The fourth-order valence-corrected chi connectivity index (χ4v) is 19.4. The molecule has 0 aliphatic carbocycles. The Morgan fingerprint density at radius 3 is 1.61 bits per heavy atom. The predicted octanol–water partition coefficient (Wildman–Crippen LogP) is 4.95. The lowest BCUT2D eigenvalue weighted by molar-refractivity contribution is -0.890. The van der Waals surface area contributed by atoms with E-state index < -0.39 is 43.9 Å². The van der Waals surface area contributed by atoms with Crippen LogP contribution in [0.5, 0.6) is 0 Å². The summed E-state index contributed by atoms with van der Waals surface area (Å²) in [5.41, 5.74) is 0. The van der Waals surface area contributed by atoms with Crippen LogP contribution in [-0.4, -0.2) is 96.6 Å². The molecule has 0 spiro atoms. The Labute approximate surface area is 238 Å². The molecule has 9 nitrogen and oxygen atoms in total. The second-order valence-corrected chi connectivity index (χ2v) is 32.5. The highest BCUT2D eigenvalue weighted by atomic mass is 32.2. The summed E-state index contributed by atoms with van der Waals surface area (Å²) in [6.45, 7) is 22.0. The molecular formula is C24H58N2O7SSi4. The Kier molecular flexibility index (Phi) is 16.0. The molecule has 0 fully saturated rings. The molecule has 0 bridgehead atoms. The lowest BCUT2D eigenvalue weighted by atomic mass is 10.1. The number of hydrogen-bond donors (Lipinski definition) is 1. The van der Waals surface area contributed by atoms with Crippen molar-refractivity contribution in [3.05, 3.63) is 0 Å². The monoisotopic (exact) mass is 630 g/mol. The molecule has 0 aliphatic rings. The molecular weight excluding hydrogens is 573 g/mol. The molecule has 0 heterocycles. The molecule has 0 atom stereocenters. The van der Waals surface area contributed by atoms with E-state index in [2.05, 4.69) is 78.3 Å². The van der Waals surface area contributed by atoms with Crippen LogP contribution in [0.25, 0.3) is 0 Å². The van der Waals surface area contributed by atoms with Gasteiger partial charge in [-0.15, -0.1) is 0 Å². The standard InChI is InChI=1S/C24H58N2O7SSi4/c1-26(2,21-15-16-22-34(28,29)30)20-14-12-13-18-24(27)25-19-17-23-38(31-35(3,4)5,32-36(6,7)8)33-37(9,10)11/h12-23H2,1-11H3,(H-,25,27,28,29,30). The zero-order valence-corrected chi connectivity index (χ0v) is 31.0. The van der Waals surface area contributed by atoms with Gasteiger partial charge in [0.2, 0.25) is 5.91 Å². The number of nitrogens with zero attached hydrogens (tertiary/aromatic N) is 1. The molecule has 0 unspecified atom stereocenters. The topological polar surface area (TPSA) is 114 Å². The Morgan fingerprint density at radius 2 is 1.18 bits per heavy atom. The summed E-state index contributed by atoms with van der Waals surface area (Å²) in [5.74, 6) is -0.207. The average molecular weight is 631 g/mol. The normalized spacial score (nSPS) is 14.1. The van der Waals surface area contributed by atoms with Crippen molar-refractivity contribution >= 4 is 49.8 Å². The van der Waals surface area contributed by atoms with Crippen LogP contribution in [0, 0.1) is 0 Å². The van der Waals surface area contributed by atoms with E-state index in [9.17, 15) is 17.8 Å². The van der Waals surface area contributed by atoms with Gasteiger partial charge in [-0.2, -0.15) is 0 Å². The molecule has 0 aromatic rings. The van der Waals surface area contributed by atoms with E-state index in [0.29, 0.717) is 19.4 Å². The minimum Gasteiger partial charge on any atom is -0.748 e. The van der Waals surface area contributed by atoms with Crippen LogP contribution < -0.4 is 5.32 Å². The largest absolute Gasteiger partial charge is 0.748 e. The van der Waals surface area contributed by atoms with Crippen LogP contribution in [0.3, 0.4) is 0 Å². The first-order valence-electron chi connectivity index (χ1n) is 14.1. The van der Waals surface area contributed by atoms with Crippen molar-refractivity contribution in [2.75, 3.05) is 39.5 Å². The fraction of sp³-hybridized carbons (Fsp3) is 0.958. The van der Waals surface area contributed by atoms with E-state index in [-0.39, 0.29) is 11.7 Å². The van der Waals surface area contributed by atoms with Gasteiger partial charge < -0.3 is 26.7 Å². The van der Waals surface area contributed by atoms with E-state index in [1.54, 1.807) is 0 Å². The van der Waals surface area contributed by atoms with Gasteiger partial charge in [-0.05, 0) is 97.4 Å².